The van der Waals surface area contributed by atoms with Crippen molar-refractivity contribution in [2.75, 3.05) is 5.32 Å². The van der Waals surface area contributed by atoms with E-state index in [1.54, 1.807) is 0 Å². The number of nitrogens with one attached hydrogen (secondary N) is 1. The Morgan fingerprint density at radius 2 is 2.05 bits per heavy atom. The van der Waals surface area contributed by atoms with Crippen molar-refractivity contribution in [3.63, 3.8) is 0 Å². The Labute approximate surface area is 128 Å². The number of nitrogens with zero attached hydrogens (tertiary/aromatic N) is 1. The van der Waals surface area contributed by atoms with Gasteiger partial charge in [-0.05, 0) is 29.8 Å². The second-order valence-corrected chi connectivity index (χ2v) is 5.19. The Balaban J connectivity index is 2.26. The third-order valence-corrected chi connectivity index (χ3v) is 3.31. The lowest BCUT2D eigenvalue weighted by Gasteiger charge is -2.08. The van der Waals surface area contributed by atoms with Gasteiger partial charge in [0.15, 0.2) is 0 Å². The van der Waals surface area contributed by atoms with E-state index in [1.165, 1.54) is 18.2 Å². The van der Waals surface area contributed by atoms with E-state index in [-0.39, 0.29) is 16.9 Å². The highest BCUT2D eigenvalue weighted by Gasteiger charge is 2.16. The zero-order valence-electron chi connectivity index (χ0n) is 10.7. The molecule has 2 aromatic rings. The smallest absolute Gasteiger partial charge is 0.335 e. The molecule has 0 amide bonds. The van der Waals surface area contributed by atoms with E-state index in [9.17, 15) is 14.9 Å². The molecule has 0 bridgehead atoms. The number of nitro benzene ring substituents is 1. The molecule has 0 heterocycles. The molecule has 0 fully saturated rings. The van der Waals surface area contributed by atoms with Crippen LogP contribution in [0.15, 0.2) is 46.9 Å². The Bertz CT molecular complexity index is 703. The van der Waals surface area contributed by atoms with Crippen LogP contribution in [0.2, 0.25) is 0 Å². The molecule has 0 spiro atoms. The minimum absolute atomic E-state index is 0.00246. The summed E-state index contributed by atoms with van der Waals surface area (Å²) in [6, 6.07) is 11.1. The molecule has 0 saturated heterocycles. The van der Waals surface area contributed by atoms with Crippen molar-refractivity contribution >= 4 is 33.3 Å². The molecule has 0 saturated carbocycles. The van der Waals surface area contributed by atoms with Gasteiger partial charge in [0, 0.05) is 17.1 Å². The molecule has 0 aromatic heterocycles. The SMILES string of the molecule is O=C(O)c1ccc([N+](=O)[O-])c(NCc2cccc(Br)c2)c1. The fourth-order valence-electron chi connectivity index (χ4n) is 1.81. The molecule has 0 radical (unpaired) electrons. The summed E-state index contributed by atoms with van der Waals surface area (Å²) in [6.45, 7) is 0.351. The van der Waals surface area contributed by atoms with Crippen molar-refractivity contribution in [3.8, 4) is 0 Å². The van der Waals surface area contributed by atoms with Crippen LogP contribution in [-0.4, -0.2) is 16.0 Å². The molecule has 2 aromatic carbocycles. The van der Waals surface area contributed by atoms with Gasteiger partial charge in [-0.15, -0.1) is 0 Å². The molecule has 0 atom stereocenters. The number of benzene rings is 2. The fraction of sp³-hybridized carbons (Fsp3) is 0.0714. The highest BCUT2D eigenvalue weighted by Crippen LogP contribution is 2.26. The zero-order chi connectivity index (χ0) is 15.4. The maximum Gasteiger partial charge on any atom is 0.335 e. The van der Waals surface area contributed by atoms with E-state index in [0.717, 1.165) is 10.0 Å². The number of aromatic carboxylic acids is 1. The van der Waals surface area contributed by atoms with Gasteiger partial charge in [0.25, 0.3) is 5.69 Å². The molecule has 0 aliphatic heterocycles. The molecule has 108 valence electrons. The minimum Gasteiger partial charge on any atom is -0.478 e. The molecule has 0 aliphatic carbocycles. The maximum atomic E-state index is 11.0. The van der Waals surface area contributed by atoms with Crippen LogP contribution < -0.4 is 5.32 Å². The number of halogens is 1. The van der Waals surface area contributed by atoms with Crippen molar-refractivity contribution in [1.29, 1.82) is 0 Å². The van der Waals surface area contributed by atoms with Crippen molar-refractivity contribution < 1.29 is 14.8 Å². The molecule has 2 rings (SSSR count). The lowest BCUT2D eigenvalue weighted by molar-refractivity contribution is -0.384. The third kappa shape index (κ3) is 3.79. The van der Waals surface area contributed by atoms with Crippen LogP contribution in [0.1, 0.15) is 15.9 Å². The summed E-state index contributed by atoms with van der Waals surface area (Å²) in [5, 5.41) is 22.8. The van der Waals surface area contributed by atoms with Crippen molar-refractivity contribution in [1.82, 2.24) is 0 Å². The minimum atomic E-state index is -1.13. The standard InChI is InChI=1S/C14H11BrN2O4/c15-11-3-1-2-9(6-11)8-16-12-7-10(14(18)19)4-5-13(12)17(20)21/h1-7,16H,8H2,(H,18,19). The van der Waals surface area contributed by atoms with Crippen molar-refractivity contribution in [3.05, 3.63) is 68.2 Å². The second-order valence-electron chi connectivity index (χ2n) is 4.28. The highest BCUT2D eigenvalue weighted by atomic mass is 79.9. The molecule has 0 unspecified atom stereocenters. The van der Waals surface area contributed by atoms with Gasteiger partial charge >= 0.3 is 5.97 Å². The van der Waals surface area contributed by atoms with Gasteiger partial charge in [0.05, 0.1) is 10.5 Å². The van der Waals surface area contributed by atoms with Gasteiger partial charge in [-0.25, -0.2) is 4.79 Å². The molecule has 6 nitrogen and oxygen atoms in total. The van der Waals surface area contributed by atoms with Gasteiger partial charge < -0.3 is 10.4 Å². The van der Waals surface area contributed by atoms with Crippen molar-refractivity contribution in [2.45, 2.75) is 6.54 Å². The molecular formula is C14H11BrN2O4. The van der Waals surface area contributed by atoms with Crippen LogP contribution in [0.4, 0.5) is 11.4 Å². The van der Waals surface area contributed by atoms with E-state index < -0.39 is 10.9 Å². The van der Waals surface area contributed by atoms with E-state index in [4.69, 9.17) is 5.11 Å². The summed E-state index contributed by atoms with van der Waals surface area (Å²) in [6.07, 6.45) is 0. The van der Waals surface area contributed by atoms with Gasteiger partial charge in [-0.2, -0.15) is 0 Å². The summed E-state index contributed by atoms with van der Waals surface area (Å²) in [5.41, 5.74) is 0.937. The first-order valence-electron chi connectivity index (χ1n) is 5.97. The topological polar surface area (TPSA) is 92.5 Å². The predicted octanol–water partition coefficient (Wildman–Crippen LogP) is 3.67. The van der Waals surface area contributed by atoms with Crippen LogP contribution in [0.5, 0.6) is 0 Å². The van der Waals surface area contributed by atoms with Crippen molar-refractivity contribution in [2.24, 2.45) is 0 Å². The normalized spacial score (nSPS) is 10.1. The second kappa shape index (κ2) is 6.36. The molecule has 2 N–H and O–H groups in total. The van der Waals surface area contributed by atoms with Gasteiger partial charge in [-0.3, -0.25) is 10.1 Å². The molecule has 21 heavy (non-hydrogen) atoms. The average Bonchev–Trinajstić information content (AvgIpc) is 2.44. The number of carbonyl (C=O) groups is 1. The van der Waals surface area contributed by atoms with Gasteiger partial charge in [0.1, 0.15) is 5.69 Å². The largest absolute Gasteiger partial charge is 0.478 e. The Morgan fingerprint density at radius 1 is 1.29 bits per heavy atom. The summed E-state index contributed by atoms with van der Waals surface area (Å²) in [4.78, 5) is 21.4. The van der Waals surface area contributed by atoms with Crippen LogP contribution in [0.3, 0.4) is 0 Å². The Morgan fingerprint density at radius 3 is 2.67 bits per heavy atom. The Hall–Kier alpha value is -2.41. The van der Waals surface area contributed by atoms with Crippen LogP contribution in [-0.2, 0) is 6.54 Å². The van der Waals surface area contributed by atoms with Crippen LogP contribution in [0, 0.1) is 10.1 Å². The number of rotatable bonds is 5. The van der Waals surface area contributed by atoms with E-state index >= 15 is 0 Å². The Kier molecular flexibility index (Phi) is 4.54. The first-order valence-corrected chi connectivity index (χ1v) is 6.76. The van der Waals surface area contributed by atoms with Gasteiger partial charge in [0.2, 0.25) is 0 Å². The lowest BCUT2D eigenvalue weighted by atomic mass is 10.1. The van der Waals surface area contributed by atoms with Crippen LogP contribution in [0.25, 0.3) is 0 Å². The van der Waals surface area contributed by atoms with Gasteiger partial charge in [-0.1, -0.05) is 28.1 Å². The third-order valence-electron chi connectivity index (χ3n) is 2.81. The number of anilines is 1. The summed E-state index contributed by atoms with van der Waals surface area (Å²) < 4.78 is 0.899. The first-order chi connectivity index (χ1) is 9.97. The summed E-state index contributed by atoms with van der Waals surface area (Å²) in [7, 11) is 0. The summed E-state index contributed by atoms with van der Waals surface area (Å²) in [5.74, 6) is -1.13. The molecule has 0 aliphatic rings. The number of nitro groups is 1. The fourth-order valence-corrected chi connectivity index (χ4v) is 2.26. The predicted molar refractivity (Wildman–Crippen MR) is 81.5 cm³/mol. The van der Waals surface area contributed by atoms with E-state index in [0.29, 0.717) is 6.54 Å². The quantitative estimate of drug-likeness (QED) is 0.633. The average molecular weight is 351 g/mol. The van der Waals surface area contributed by atoms with Crippen LogP contribution >= 0.6 is 15.9 Å². The number of carboxylic acids is 1. The number of carboxylic acid groups (broad SMARTS) is 1. The number of hydrogen-bond acceptors (Lipinski definition) is 4. The first kappa shape index (κ1) is 15.0. The molecular weight excluding hydrogens is 340 g/mol. The zero-order valence-corrected chi connectivity index (χ0v) is 12.3. The maximum absolute atomic E-state index is 11.0. The summed E-state index contributed by atoms with van der Waals surface area (Å²) >= 11 is 3.34. The van der Waals surface area contributed by atoms with E-state index in [2.05, 4.69) is 21.2 Å². The lowest BCUT2D eigenvalue weighted by Crippen LogP contribution is -2.05. The monoisotopic (exact) mass is 350 g/mol. The van der Waals surface area contributed by atoms with E-state index in [1.807, 2.05) is 24.3 Å². The number of hydrogen-bond donors (Lipinski definition) is 2. The highest BCUT2D eigenvalue weighted by molar-refractivity contribution is 9.10. The molecule has 7 heteroatoms.